The van der Waals surface area contributed by atoms with Gasteiger partial charge in [0.25, 0.3) is 0 Å². The third kappa shape index (κ3) is 4.05. The number of aromatic nitrogens is 2. The molecule has 9 heteroatoms. The van der Waals surface area contributed by atoms with E-state index in [9.17, 15) is 12.8 Å². The molecule has 0 aliphatic carbocycles. The summed E-state index contributed by atoms with van der Waals surface area (Å²) in [6, 6.07) is 5.14. The highest BCUT2D eigenvalue weighted by atomic mass is 32.2. The second kappa shape index (κ2) is 7.32. The third-order valence-electron chi connectivity index (χ3n) is 4.09. The van der Waals surface area contributed by atoms with Crippen molar-refractivity contribution in [1.82, 2.24) is 14.7 Å². The van der Waals surface area contributed by atoms with E-state index in [1.165, 1.54) is 19.2 Å². The molecule has 1 aromatic heterocycles. The number of ether oxygens (including phenoxy) is 1. The maximum absolute atomic E-state index is 13.8. The largest absolute Gasteiger partial charge is 0.494 e. The van der Waals surface area contributed by atoms with Gasteiger partial charge in [0, 0.05) is 31.5 Å². The van der Waals surface area contributed by atoms with E-state index in [0.29, 0.717) is 31.9 Å². The van der Waals surface area contributed by atoms with Crippen molar-refractivity contribution in [2.75, 3.05) is 25.1 Å². The summed E-state index contributed by atoms with van der Waals surface area (Å²) in [6.07, 6.45) is 4.59. The summed E-state index contributed by atoms with van der Waals surface area (Å²) >= 11 is 0. The normalized spacial score (nSPS) is 16.0. The SMILES string of the molecule is COc1ccc(S(=O)(=O)NC2CCN(c3ncccn3)CC2)cc1F. The Labute approximate surface area is 145 Å². The summed E-state index contributed by atoms with van der Waals surface area (Å²) in [6.45, 7) is 1.29. The molecule has 1 fully saturated rings. The van der Waals surface area contributed by atoms with Gasteiger partial charge in [0.2, 0.25) is 16.0 Å². The van der Waals surface area contributed by atoms with Crippen molar-refractivity contribution in [1.29, 1.82) is 0 Å². The Morgan fingerprint density at radius 1 is 1.24 bits per heavy atom. The quantitative estimate of drug-likeness (QED) is 0.865. The molecule has 2 aromatic rings. The number of hydrogen-bond acceptors (Lipinski definition) is 6. The maximum Gasteiger partial charge on any atom is 0.240 e. The van der Waals surface area contributed by atoms with E-state index >= 15 is 0 Å². The van der Waals surface area contributed by atoms with Crippen LogP contribution in [0.1, 0.15) is 12.8 Å². The first kappa shape index (κ1) is 17.6. The van der Waals surface area contributed by atoms with Gasteiger partial charge in [0.1, 0.15) is 0 Å². The molecule has 3 rings (SSSR count). The van der Waals surface area contributed by atoms with Crippen LogP contribution in [-0.4, -0.2) is 44.6 Å². The highest BCUT2D eigenvalue weighted by Gasteiger charge is 2.26. The Balaban J connectivity index is 1.64. The summed E-state index contributed by atoms with van der Waals surface area (Å²) in [5.74, 6) is -0.0578. The first-order chi connectivity index (χ1) is 12.0. The molecule has 0 spiro atoms. The minimum atomic E-state index is -3.78. The van der Waals surface area contributed by atoms with Crippen molar-refractivity contribution in [3.8, 4) is 5.75 Å². The van der Waals surface area contributed by atoms with Crippen molar-refractivity contribution < 1.29 is 17.5 Å². The second-order valence-corrected chi connectivity index (χ2v) is 7.44. The number of halogens is 1. The van der Waals surface area contributed by atoms with Crippen LogP contribution in [0.3, 0.4) is 0 Å². The molecule has 0 atom stereocenters. The first-order valence-electron chi connectivity index (χ1n) is 7.87. The monoisotopic (exact) mass is 366 g/mol. The molecular formula is C16H19FN4O3S. The summed E-state index contributed by atoms with van der Waals surface area (Å²) in [7, 11) is -2.46. The lowest BCUT2D eigenvalue weighted by Crippen LogP contribution is -2.45. The van der Waals surface area contributed by atoms with E-state index in [0.717, 1.165) is 6.07 Å². The standard InChI is InChI=1S/C16H19FN4O3S/c1-24-15-4-3-13(11-14(15)17)25(22,23)20-12-5-9-21(10-6-12)16-18-7-2-8-19-16/h2-4,7-8,11-12,20H,5-6,9-10H2,1H3. The van der Waals surface area contributed by atoms with Crippen LogP contribution < -0.4 is 14.4 Å². The summed E-state index contributed by atoms with van der Waals surface area (Å²) < 4.78 is 46.1. The van der Waals surface area contributed by atoms with Gasteiger partial charge in [-0.2, -0.15) is 0 Å². The van der Waals surface area contributed by atoms with Gasteiger partial charge >= 0.3 is 0 Å². The summed E-state index contributed by atoms with van der Waals surface area (Å²) in [5, 5.41) is 0. The minimum Gasteiger partial charge on any atom is -0.494 e. The van der Waals surface area contributed by atoms with E-state index in [2.05, 4.69) is 14.7 Å². The van der Waals surface area contributed by atoms with Gasteiger partial charge in [-0.1, -0.05) is 0 Å². The molecule has 1 aliphatic rings. The van der Waals surface area contributed by atoms with Crippen molar-refractivity contribution in [2.45, 2.75) is 23.8 Å². The predicted octanol–water partition coefficient (Wildman–Crippen LogP) is 1.57. The Morgan fingerprint density at radius 2 is 1.92 bits per heavy atom. The number of nitrogens with zero attached hydrogens (tertiary/aromatic N) is 3. The van der Waals surface area contributed by atoms with Crippen LogP contribution in [0.2, 0.25) is 0 Å². The van der Waals surface area contributed by atoms with E-state index in [1.807, 2.05) is 4.90 Å². The van der Waals surface area contributed by atoms with Crippen LogP contribution >= 0.6 is 0 Å². The van der Waals surface area contributed by atoms with Crippen molar-refractivity contribution in [3.63, 3.8) is 0 Å². The average molecular weight is 366 g/mol. The van der Waals surface area contributed by atoms with Crippen LogP contribution in [0.15, 0.2) is 41.6 Å². The van der Waals surface area contributed by atoms with E-state index < -0.39 is 15.8 Å². The Bertz CT molecular complexity index is 825. The molecule has 2 heterocycles. The number of sulfonamides is 1. The topological polar surface area (TPSA) is 84.4 Å². The fourth-order valence-corrected chi connectivity index (χ4v) is 4.07. The van der Waals surface area contributed by atoms with E-state index in [1.54, 1.807) is 18.5 Å². The lowest BCUT2D eigenvalue weighted by atomic mass is 10.1. The Hall–Kier alpha value is -2.26. The number of anilines is 1. The molecule has 1 aromatic carbocycles. The maximum atomic E-state index is 13.8. The lowest BCUT2D eigenvalue weighted by Gasteiger charge is -2.32. The molecule has 0 amide bonds. The fraction of sp³-hybridized carbons (Fsp3) is 0.375. The van der Waals surface area contributed by atoms with Crippen molar-refractivity contribution in [3.05, 3.63) is 42.5 Å². The molecule has 7 nitrogen and oxygen atoms in total. The zero-order chi connectivity index (χ0) is 17.9. The molecule has 25 heavy (non-hydrogen) atoms. The van der Waals surface area contributed by atoms with Gasteiger partial charge in [-0.05, 0) is 37.1 Å². The van der Waals surface area contributed by atoms with Gasteiger partial charge in [-0.3, -0.25) is 0 Å². The van der Waals surface area contributed by atoms with Crippen molar-refractivity contribution >= 4 is 16.0 Å². The van der Waals surface area contributed by atoms with Gasteiger partial charge in [0.05, 0.1) is 12.0 Å². The number of piperidine rings is 1. The molecule has 1 saturated heterocycles. The zero-order valence-electron chi connectivity index (χ0n) is 13.7. The zero-order valence-corrected chi connectivity index (χ0v) is 14.5. The van der Waals surface area contributed by atoms with E-state index in [4.69, 9.17) is 4.74 Å². The number of rotatable bonds is 5. The van der Waals surface area contributed by atoms with Crippen LogP contribution in [0, 0.1) is 5.82 Å². The second-order valence-electron chi connectivity index (χ2n) is 5.73. The summed E-state index contributed by atoms with van der Waals surface area (Å²) in [4.78, 5) is 10.3. The molecule has 0 saturated carbocycles. The van der Waals surface area contributed by atoms with E-state index in [-0.39, 0.29) is 16.7 Å². The lowest BCUT2D eigenvalue weighted by molar-refractivity contribution is 0.385. The number of hydrogen-bond donors (Lipinski definition) is 1. The Kier molecular flexibility index (Phi) is 5.14. The van der Waals surface area contributed by atoms with Crippen LogP contribution in [-0.2, 0) is 10.0 Å². The predicted molar refractivity (Wildman–Crippen MR) is 90.5 cm³/mol. The molecule has 1 N–H and O–H groups in total. The third-order valence-corrected chi connectivity index (χ3v) is 5.60. The highest BCUT2D eigenvalue weighted by molar-refractivity contribution is 7.89. The molecule has 134 valence electrons. The van der Waals surface area contributed by atoms with Crippen LogP contribution in [0.4, 0.5) is 10.3 Å². The molecule has 0 unspecified atom stereocenters. The number of methoxy groups -OCH3 is 1. The number of nitrogens with one attached hydrogen (secondary N) is 1. The van der Waals surface area contributed by atoms with Gasteiger partial charge in [0.15, 0.2) is 11.6 Å². The fourth-order valence-electron chi connectivity index (χ4n) is 2.75. The first-order valence-corrected chi connectivity index (χ1v) is 9.36. The average Bonchev–Trinajstić information content (AvgIpc) is 2.62. The highest BCUT2D eigenvalue weighted by Crippen LogP contribution is 2.22. The van der Waals surface area contributed by atoms with Crippen molar-refractivity contribution in [2.24, 2.45) is 0 Å². The molecule has 0 radical (unpaired) electrons. The van der Waals surface area contributed by atoms with Crippen LogP contribution in [0.25, 0.3) is 0 Å². The molecule has 1 aliphatic heterocycles. The van der Waals surface area contributed by atoms with Gasteiger partial charge in [-0.15, -0.1) is 0 Å². The van der Waals surface area contributed by atoms with Gasteiger partial charge < -0.3 is 9.64 Å². The Morgan fingerprint density at radius 3 is 2.52 bits per heavy atom. The number of benzene rings is 1. The smallest absolute Gasteiger partial charge is 0.240 e. The minimum absolute atomic E-state index is 0.00937. The summed E-state index contributed by atoms with van der Waals surface area (Å²) in [5.41, 5.74) is 0. The molecule has 0 bridgehead atoms. The molecular weight excluding hydrogens is 347 g/mol. The van der Waals surface area contributed by atoms with Gasteiger partial charge in [-0.25, -0.2) is 27.5 Å². The van der Waals surface area contributed by atoms with Crippen LogP contribution in [0.5, 0.6) is 5.75 Å².